The van der Waals surface area contributed by atoms with Crippen molar-refractivity contribution in [2.75, 3.05) is 5.73 Å². The summed E-state index contributed by atoms with van der Waals surface area (Å²) in [4.78, 5) is 4.69. The first-order chi connectivity index (χ1) is 9.20. The number of fused-ring (bicyclic) bond motifs is 1. The molecule has 3 aromatic rings. The number of nitrogens with two attached hydrogens (primary N) is 1. The van der Waals surface area contributed by atoms with Gasteiger partial charge in [-0.05, 0) is 18.6 Å². The molecular formula is C14H16N4S. The highest BCUT2D eigenvalue weighted by Gasteiger charge is 2.18. The molecule has 0 aliphatic carbocycles. The number of aromatic nitrogens is 3. The predicted octanol–water partition coefficient (Wildman–Crippen LogP) is 3.23. The second-order valence-electron chi connectivity index (χ2n) is 4.57. The van der Waals surface area contributed by atoms with Gasteiger partial charge in [0.15, 0.2) is 0 Å². The van der Waals surface area contributed by atoms with Gasteiger partial charge in [0.1, 0.15) is 10.8 Å². The number of benzene rings is 1. The highest BCUT2D eigenvalue weighted by molar-refractivity contribution is 7.21. The molecule has 0 saturated heterocycles. The maximum atomic E-state index is 6.15. The molecule has 4 nitrogen and oxygen atoms in total. The van der Waals surface area contributed by atoms with Gasteiger partial charge < -0.3 is 5.73 Å². The Balaban J connectivity index is 2.19. The molecule has 0 spiro atoms. The van der Waals surface area contributed by atoms with Crippen LogP contribution in [0.1, 0.15) is 19.0 Å². The number of para-hydroxylation sites is 1. The maximum Gasteiger partial charge on any atom is 0.131 e. The van der Waals surface area contributed by atoms with Crippen LogP contribution in [0.2, 0.25) is 0 Å². The van der Waals surface area contributed by atoms with Gasteiger partial charge in [-0.3, -0.25) is 4.68 Å². The molecular weight excluding hydrogens is 256 g/mol. The molecule has 0 amide bonds. The first-order valence-corrected chi connectivity index (χ1v) is 7.19. The second kappa shape index (κ2) is 4.66. The van der Waals surface area contributed by atoms with Crippen molar-refractivity contribution in [3.8, 4) is 10.6 Å². The molecule has 0 unspecified atom stereocenters. The van der Waals surface area contributed by atoms with E-state index < -0.39 is 0 Å². The van der Waals surface area contributed by atoms with Gasteiger partial charge in [0, 0.05) is 7.05 Å². The van der Waals surface area contributed by atoms with Crippen molar-refractivity contribution in [3.05, 3.63) is 30.0 Å². The van der Waals surface area contributed by atoms with E-state index in [2.05, 4.69) is 23.1 Å². The van der Waals surface area contributed by atoms with Gasteiger partial charge in [-0.15, -0.1) is 11.3 Å². The molecule has 0 saturated carbocycles. The van der Waals surface area contributed by atoms with Crippen molar-refractivity contribution in [2.45, 2.75) is 19.8 Å². The minimum absolute atomic E-state index is 0.697. The van der Waals surface area contributed by atoms with Gasteiger partial charge in [0.05, 0.1) is 21.5 Å². The summed E-state index contributed by atoms with van der Waals surface area (Å²) in [5.41, 5.74) is 9.22. The van der Waals surface area contributed by atoms with Gasteiger partial charge in [-0.2, -0.15) is 5.10 Å². The minimum atomic E-state index is 0.697. The Morgan fingerprint density at radius 1 is 1.32 bits per heavy atom. The van der Waals surface area contributed by atoms with Crippen LogP contribution in [-0.4, -0.2) is 14.8 Å². The summed E-state index contributed by atoms with van der Waals surface area (Å²) in [5.74, 6) is 0.697. The number of hydrogen-bond donors (Lipinski definition) is 1. The van der Waals surface area contributed by atoms with E-state index in [-0.39, 0.29) is 0 Å². The number of thiazole rings is 1. The van der Waals surface area contributed by atoms with Crippen LogP contribution in [0.25, 0.3) is 20.8 Å². The lowest BCUT2D eigenvalue weighted by Crippen LogP contribution is -1.97. The molecule has 0 atom stereocenters. The quantitative estimate of drug-likeness (QED) is 0.796. The first-order valence-electron chi connectivity index (χ1n) is 6.38. The van der Waals surface area contributed by atoms with Crippen molar-refractivity contribution in [3.63, 3.8) is 0 Å². The molecule has 0 bridgehead atoms. The lowest BCUT2D eigenvalue weighted by Gasteiger charge is -1.98. The molecule has 0 fully saturated rings. The van der Waals surface area contributed by atoms with Crippen LogP contribution < -0.4 is 5.73 Å². The smallest absolute Gasteiger partial charge is 0.131 e. The van der Waals surface area contributed by atoms with Crippen LogP contribution in [-0.2, 0) is 13.5 Å². The van der Waals surface area contributed by atoms with Gasteiger partial charge in [-0.25, -0.2) is 4.98 Å². The summed E-state index contributed by atoms with van der Waals surface area (Å²) in [6.45, 7) is 2.15. The average molecular weight is 272 g/mol. The fourth-order valence-electron chi connectivity index (χ4n) is 2.22. The molecule has 1 aromatic carbocycles. The molecule has 0 radical (unpaired) electrons. The van der Waals surface area contributed by atoms with Crippen LogP contribution >= 0.6 is 11.3 Å². The molecule has 2 aromatic heterocycles. The number of aryl methyl sites for hydroxylation is 2. The molecule has 2 N–H and O–H groups in total. The zero-order valence-electron chi connectivity index (χ0n) is 11.1. The van der Waals surface area contributed by atoms with E-state index in [4.69, 9.17) is 5.73 Å². The van der Waals surface area contributed by atoms with Crippen molar-refractivity contribution < 1.29 is 0 Å². The van der Waals surface area contributed by atoms with Crippen LogP contribution in [0.4, 0.5) is 5.82 Å². The topological polar surface area (TPSA) is 56.7 Å². The summed E-state index contributed by atoms with van der Waals surface area (Å²) in [5, 5.41) is 5.47. The molecule has 0 aliphatic rings. The van der Waals surface area contributed by atoms with Crippen LogP contribution in [0.3, 0.4) is 0 Å². The van der Waals surface area contributed by atoms with E-state index in [1.165, 1.54) is 4.70 Å². The zero-order chi connectivity index (χ0) is 13.4. The van der Waals surface area contributed by atoms with Crippen LogP contribution in [0, 0.1) is 0 Å². The van der Waals surface area contributed by atoms with Gasteiger partial charge >= 0.3 is 0 Å². The molecule has 2 heterocycles. The minimum Gasteiger partial charge on any atom is -0.383 e. The number of rotatable bonds is 3. The monoisotopic (exact) mass is 272 g/mol. The normalized spacial score (nSPS) is 11.3. The predicted molar refractivity (Wildman–Crippen MR) is 80.2 cm³/mol. The fourth-order valence-corrected chi connectivity index (χ4v) is 3.26. The zero-order valence-corrected chi connectivity index (χ0v) is 11.9. The van der Waals surface area contributed by atoms with Crippen molar-refractivity contribution >= 4 is 27.4 Å². The van der Waals surface area contributed by atoms with Gasteiger partial charge in [-0.1, -0.05) is 25.5 Å². The van der Waals surface area contributed by atoms with E-state index >= 15 is 0 Å². The standard InChI is InChI=1S/C14H16N4S/c1-3-6-10-12(13(15)18(2)17-10)14-16-9-7-4-5-8-11(9)19-14/h4-5,7-8H,3,6,15H2,1-2H3. The molecule has 3 rings (SSSR count). The van der Waals surface area contributed by atoms with E-state index in [1.807, 2.05) is 25.2 Å². The van der Waals surface area contributed by atoms with E-state index in [0.717, 1.165) is 34.6 Å². The fraction of sp³-hybridized carbons (Fsp3) is 0.286. The average Bonchev–Trinajstić information content (AvgIpc) is 2.92. The Morgan fingerprint density at radius 3 is 2.84 bits per heavy atom. The molecule has 5 heteroatoms. The maximum absolute atomic E-state index is 6.15. The highest BCUT2D eigenvalue weighted by atomic mass is 32.1. The van der Waals surface area contributed by atoms with Gasteiger partial charge in [0.25, 0.3) is 0 Å². The van der Waals surface area contributed by atoms with Crippen molar-refractivity contribution in [1.29, 1.82) is 0 Å². The Labute approximate surface area is 115 Å². The molecule has 98 valence electrons. The molecule has 19 heavy (non-hydrogen) atoms. The second-order valence-corrected chi connectivity index (χ2v) is 5.60. The number of nitrogens with zero attached hydrogens (tertiary/aromatic N) is 3. The Hall–Kier alpha value is -1.88. The molecule has 0 aliphatic heterocycles. The van der Waals surface area contributed by atoms with E-state index in [1.54, 1.807) is 16.0 Å². The summed E-state index contributed by atoms with van der Waals surface area (Å²) in [6, 6.07) is 8.15. The van der Waals surface area contributed by atoms with Crippen molar-refractivity contribution in [2.24, 2.45) is 7.05 Å². The van der Waals surface area contributed by atoms with Crippen LogP contribution in [0.5, 0.6) is 0 Å². The SMILES string of the molecule is CCCc1nn(C)c(N)c1-c1nc2ccccc2s1. The van der Waals surface area contributed by atoms with Gasteiger partial charge in [0.2, 0.25) is 0 Å². The largest absolute Gasteiger partial charge is 0.383 e. The summed E-state index contributed by atoms with van der Waals surface area (Å²) >= 11 is 1.67. The summed E-state index contributed by atoms with van der Waals surface area (Å²) < 4.78 is 2.93. The number of hydrogen-bond acceptors (Lipinski definition) is 4. The van der Waals surface area contributed by atoms with Crippen LogP contribution in [0.15, 0.2) is 24.3 Å². The third-order valence-corrected chi connectivity index (χ3v) is 4.21. The summed E-state index contributed by atoms with van der Waals surface area (Å²) in [7, 11) is 1.88. The third-order valence-electron chi connectivity index (χ3n) is 3.16. The highest BCUT2D eigenvalue weighted by Crippen LogP contribution is 2.35. The Morgan fingerprint density at radius 2 is 2.11 bits per heavy atom. The Kier molecular flexibility index (Phi) is 2.98. The van der Waals surface area contributed by atoms with E-state index in [0.29, 0.717) is 5.82 Å². The number of nitrogen functional groups attached to an aromatic ring is 1. The third kappa shape index (κ3) is 2.00. The van der Waals surface area contributed by atoms with Crippen molar-refractivity contribution in [1.82, 2.24) is 14.8 Å². The van der Waals surface area contributed by atoms with E-state index in [9.17, 15) is 0 Å². The first kappa shape index (κ1) is 12.2. The number of anilines is 1. The lowest BCUT2D eigenvalue weighted by molar-refractivity contribution is 0.741. The summed E-state index contributed by atoms with van der Waals surface area (Å²) in [6.07, 6.45) is 1.98. The Bertz CT molecular complexity index is 693. The lowest BCUT2D eigenvalue weighted by atomic mass is 10.1.